The van der Waals surface area contributed by atoms with Crippen molar-refractivity contribution in [2.24, 2.45) is 5.92 Å². The molecule has 0 aromatic heterocycles. The van der Waals surface area contributed by atoms with Crippen LogP contribution in [0.2, 0.25) is 0 Å². The van der Waals surface area contributed by atoms with Crippen LogP contribution in [0.4, 0.5) is 10.5 Å². The lowest BCUT2D eigenvalue weighted by Gasteiger charge is -2.17. The fourth-order valence-corrected chi connectivity index (χ4v) is 12.7. The van der Waals surface area contributed by atoms with Crippen molar-refractivity contribution in [3.05, 3.63) is 89.5 Å². The van der Waals surface area contributed by atoms with Crippen LogP contribution in [-0.2, 0) is 34.1 Å². The number of aryl methyl sites for hydroxylation is 2. The minimum Gasteiger partial charge on any atom is -0.356 e. The van der Waals surface area contributed by atoms with Gasteiger partial charge in [0.15, 0.2) is 25.5 Å². The minimum atomic E-state index is -4.03. The molecule has 2 heterocycles. The van der Waals surface area contributed by atoms with E-state index in [-0.39, 0.29) is 57.5 Å². The maximum atomic E-state index is 13.8. The van der Waals surface area contributed by atoms with Crippen molar-refractivity contribution in [3.8, 4) is 0 Å². The average Bonchev–Trinajstić information content (AvgIpc) is 3.80. The molecule has 3 aromatic carbocycles. The maximum absolute atomic E-state index is 13.8. The molecule has 2 saturated heterocycles. The van der Waals surface area contributed by atoms with Crippen LogP contribution in [0.1, 0.15) is 111 Å². The molecule has 3 aromatic rings. The molecule has 3 unspecified atom stereocenters. The summed E-state index contributed by atoms with van der Waals surface area (Å²) in [5, 5.41) is 12.2. The zero-order valence-corrected chi connectivity index (χ0v) is 38.8. The average molecular weight is 923 g/mol. The van der Waals surface area contributed by atoms with Crippen LogP contribution in [0.3, 0.4) is 0 Å². The largest absolute Gasteiger partial charge is 0.356 e. The van der Waals surface area contributed by atoms with E-state index in [1.54, 1.807) is 24.3 Å². The van der Waals surface area contributed by atoms with Gasteiger partial charge in [0.2, 0.25) is 11.8 Å². The number of fused-ring (bicyclic) bond motifs is 1. The molecule has 342 valence electrons. The van der Waals surface area contributed by atoms with E-state index in [9.17, 15) is 40.8 Å². The molecule has 13 nitrogen and oxygen atoms in total. The summed E-state index contributed by atoms with van der Waals surface area (Å²) in [6.07, 6.45) is 10.1. The van der Waals surface area contributed by atoms with E-state index >= 15 is 0 Å². The predicted molar refractivity (Wildman–Crippen MR) is 247 cm³/mol. The van der Waals surface area contributed by atoms with E-state index in [0.29, 0.717) is 43.2 Å². The lowest BCUT2D eigenvalue weighted by Crippen LogP contribution is -2.36. The van der Waals surface area contributed by atoms with Gasteiger partial charge >= 0.3 is 6.03 Å². The molecule has 2 aliphatic rings. The van der Waals surface area contributed by atoms with E-state index in [4.69, 9.17) is 0 Å². The van der Waals surface area contributed by atoms with Crippen LogP contribution in [0, 0.1) is 19.8 Å². The molecule has 5 rings (SSSR count). The number of nitrogens with one attached hydrogen (secondary N) is 4. The summed E-state index contributed by atoms with van der Waals surface area (Å²) in [4.78, 5) is 62.6. The Bertz CT molecular complexity index is 2170. The van der Waals surface area contributed by atoms with Crippen molar-refractivity contribution in [2.45, 2.75) is 131 Å². The number of unbranched alkanes of at least 4 members (excludes halogenated alkanes) is 6. The number of hydrogen-bond acceptors (Lipinski definition) is 10. The van der Waals surface area contributed by atoms with E-state index in [2.05, 4.69) is 21.3 Å². The summed E-state index contributed by atoms with van der Waals surface area (Å²) < 4.78 is 53.7. The van der Waals surface area contributed by atoms with Crippen molar-refractivity contribution < 1.29 is 40.8 Å². The summed E-state index contributed by atoms with van der Waals surface area (Å²) in [6, 6.07) is 18.7. The van der Waals surface area contributed by atoms with Crippen LogP contribution in [0.5, 0.6) is 0 Å². The second-order valence-electron chi connectivity index (χ2n) is 16.9. The number of Topliss-reactive ketones (excluding diaryl/α,β-unsaturated/α-hetero) is 2. The van der Waals surface area contributed by atoms with Crippen LogP contribution in [0.25, 0.3) is 0 Å². The van der Waals surface area contributed by atoms with Gasteiger partial charge in [-0.05, 0) is 101 Å². The van der Waals surface area contributed by atoms with Crippen molar-refractivity contribution in [1.29, 1.82) is 0 Å². The number of urea groups is 1. The molecule has 0 aliphatic carbocycles. The number of thioether (sulfide) groups is 1. The Morgan fingerprint density at radius 1 is 0.651 bits per heavy atom. The first-order chi connectivity index (χ1) is 30.1. The van der Waals surface area contributed by atoms with Gasteiger partial charge in [-0.15, -0.1) is 0 Å². The third kappa shape index (κ3) is 15.9. The summed E-state index contributed by atoms with van der Waals surface area (Å²) in [7, 11) is -8.05. The van der Waals surface area contributed by atoms with Crippen LogP contribution in [-0.4, -0.2) is 87.4 Å². The van der Waals surface area contributed by atoms with Gasteiger partial charge in [-0.2, -0.15) is 11.8 Å². The van der Waals surface area contributed by atoms with Gasteiger partial charge < -0.3 is 21.3 Å². The molecular weight excluding hydrogens is 861 g/mol. The van der Waals surface area contributed by atoms with Crippen LogP contribution < -0.4 is 21.3 Å². The zero-order chi connectivity index (χ0) is 45.4. The Morgan fingerprint density at radius 3 is 1.76 bits per heavy atom. The standard InChI is InChI=1S/C47H62N4O9S3/c1-33-17-25-39(26-18-33)62(57,58)31-36(32-63(59,60)40-27-19-34(2)20-28-40)46(55)35-21-23-37(24-22-35)49-44(54)16-8-4-3-6-12-38(52)13-7-5-11-29-48-43(53)15-10-9-14-42-45-41(30-61-42)50-47(56)51-45/h17-28,36,41-42,45H,3-16,29-32H2,1-2H3,(H,48,53)(H,49,54)(H2,50,51,56). The first kappa shape index (κ1) is 49.5. The second kappa shape index (κ2) is 23.9. The maximum Gasteiger partial charge on any atom is 0.315 e. The Balaban J connectivity index is 0.937. The molecular formula is C47H62N4O9S3. The van der Waals surface area contributed by atoms with E-state index < -0.39 is 42.9 Å². The minimum absolute atomic E-state index is 0.00362. The van der Waals surface area contributed by atoms with E-state index in [0.717, 1.165) is 74.7 Å². The third-order valence-electron chi connectivity index (χ3n) is 11.6. The normalized spacial score (nSPS) is 17.2. The van der Waals surface area contributed by atoms with E-state index in [1.165, 1.54) is 48.5 Å². The number of rotatable bonds is 27. The highest BCUT2D eigenvalue weighted by atomic mass is 32.2. The van der Waals surface area contributed by atoms with Gasteiger partial charge in [0.1, 0.15) is 5.78 Å². The number of sulfone groups is 2. The number of carbonyl (C=O) groups is 5. The van der Waals surface area contributed by atoms with Crippen molar-refractivity contribution in [3.63, 3.8) is 0 Å². The molecule has 63 heavy (non-hydrogen) atoms. The molecule has 0 bridgehead atoms. The Morgan fingerprint density at radius 2 is 1.17 bits per heavy atom. The van der Waals surface area contributed by atoms with Crippen molar-refractivity contribution >= 4 is 66.5 Å². The number of carbonyl (C=O) groups excluding carboxylic acids is 5. The van der Waals surface area contributed by atoms with Gasteiger partial charge in [0, 0.05) is 54.5 Å². The van der Waals surface area contributed by atoms with Gasteiger partial charge in [0.05, 0.1) is 39.3 Å². The molecule has 0 radical (unpaired) electrons. The smallest absolute Gasteiger partial charge is 0.315 e. The fourth-order valence-electron chi connectivity index (χ4n) is 7.89. The first-order valence-electron chi connectivity index (χ1n) is 22.1. The number of ketones is 2. The molecule has 4 N–H and O–H groups in total. The number of amides is 4. The zero-order valence-electron chi connectivity index (χ0n) is 36.4. The highest BCUT2D eigenvalue weighted by Gasteiger charge is 2.42. The molecule has 0 saturated carbocycles. The van der Waals surface area contributed by atoms with Crippen molar-refractivity contribution in [2.75, 3.05) is 29.1 Å². The first-order valence-corrected chi connectivity index (χ1v) is 26.4. The van der Waals surface area contributed by atoms with Gasteiger partial charge in [-0.1, -0.05) is 61.1 Å². The molecule has 16 heteroatoms. The summed E-state index contributed by atoms with van der Waals surface area (Å²) in [6.45, 7) is 4.25. The highest BCUT2D eigenvalue weighted by Crippen LogP contribution is 2.33. The number of benzene rings is 3. The molecule has 3 atom stereocenters. The third-order valence-corrected chi connectivity index (χ3v) is 16.7. The molecule has 2 aliphatic heterocycles. The lowest BCUT2D eigenvalue weighted by molar-refractivity contribution is -0.121. The Labute approximate surface area is 376 Å². The van der Waals surface area contributed by atoms with Gasteiger partial charge in [-0.3, -0.25) is 19.2 Å². The van der Waals surface area contributed by atoms with Crippen molar-refractivity contribution in [1.82, 2.24) is 16.0 Å². The molecule has 4 amide bonds. The van der Waals surface area contributed by atoms with Gasteiger partial charge in [0.25, 0.3) is 0 Å². The monoisotopic (exact) mass is 922 g/mol. The molecule has 2 fully saturated rings. The van der Waals surface area contributed by atoms with Gasteiger partial charge in [-0.25, -0.2) is 21.6 Å². The lowest BCUT2D eigenvalue weighted by atomic mass is 10.0. The predicted octanol–water partition coefficient (Wildman–Crippen LogP) is 7.30. The van der Waals surface area contributed by atoms with Crippen LogP contribution >= 0.6 is 11.8 Å². The van der Waals surface area contributed by atoms with E-state index in [1.807, 2.05) is 25.6 Å². The SMILES string of the molecule is Cc1ccc(S(=O)(=O)CC(CS(=O)(=O)c2ccc(C)cc2)C(=O)c2ccc(NC(=O)CCCCCCC(=O)CCCCCNC(=O)CCCCC3SCC4NC(=O)NC43)cc2)cc1. The van der Waals surface area contributed by atoms with Crippen LogP contribution in [0.15, 0.2) is 82.6 Å². The number of anilines is 1. The second-order valence-corrected chi connectivity index (χ2v) is 22.2. The summed E-state index contributed by atoms with van der Waals surface area (Å²) in [5.41, 5.74) is 2.29. The Hall–Kier alpha value is -4.54. The quantitative estimate of drug-likeness (QED) is 0.0342. The number of hydrogen-bond donors (Lipinski definition) is 4. The fraction of sp³-hybridized carbons (Fsp3) is 0.511. The molecule has 0 spiro atoms. The summed E-state index contributed by atoms with van der Waals surface area (Å²) >= 11 is 1.89. The highest BCUT2D eigenvalue weighted by molar-refractivity contribution is 8.00. The topological polar surface area (TPSA) is 202 Å². The Kier molecular flexibility index (Phi) is 18.8. The summed E-state index contributed by atoms with van der Waals surface area (Å²) in [5.74, 6) is -2.38.